The maximum absolute atomic E-state index is 3.48. The average molecular weight is 268 g/mol. The Hall–Kier alpha value is -0.160. The molecule has 0 radical (unpaired) electrons. The van der Waals surface area contributed by atoms with Gasteiger partial charge < -0.3 is 15.1 Å². The van der Waals surface area contributed by atoms with Crippen molar-refractivity contribution in [1.82, 2.24) is 20.0 Å². The zero-order valence-electron chi connectivity index (χ0n) is 12.9. The van der Waals surface area contributed by atoms with Gasteiger partial charge in [-0.3, -0.25) is 4.90 Å². The Morgan fingerprint density at radius 2 is 1.79 bits per heavy atom. The Bertz CT molecular complexity index is 234. The van der Waals surface area contributed by atoms with E-state index in [1.54, 1.807) is 0 Å². The van der Waals surface area contributed by atoms with Gasteiger partial charge in [0.25, 0.3) is 0 Å². The van der Waals surface area contributed by atoms with E-state index in [9.17, 15) is 0 Å². The Kier molecular flexibility index (Phi) is 6.57. The summed E-state index contributed by atoms with van der Waals surface area (Å²) in [4.78, 5) is 7.92. The van der Waals surface area contributed by atoms with Gasteiger partial charge in [-0.25, -0.2) is 0 Å². The molecule has 0 saturated carbocycles. The fraction of sp³-hybridized carbons (Fsp3) is 1.00. The third kappa shape index (κ3) is 4.71. The summed E-state index contributed by atoms with van der Waals surface area (Å²) in [5.41, 5.74) is 0. The van der Waals surface area contributed by atoms with Gasteiger partial charge in [-0.1, -0.05) is 13.8 Å². The fourth-order valence-electron chi connectivity index (χ4n) is 3.46. The summed E-state index contributed by atoms with van der Waals surface area (Å²) in [6.45, 7) is 17.0. The van der Waals surface area contributed by atoms with E-state index in [-0.39, 0.29) is 0 Å². The van der Waals surface area contributed by atoms with Crippen LogP contribution in [0.25, 0.3) is 0 Å². The molecular weight excluding hydrogens is 236 g/mol. The third-order valence-electron chi connectivity index (χ3n) is 4.74. The van der Waals surface area contributed by atoms with Gasteiger partial charge >= 0.3 is 0 Å². The standard InChI is InChI=1S/C15H32N4/c1-3-19(4-2)15-6-10-18(14-15)13-12-17-9-5-7-16-8-11-17/h15-16H,3-14H2,1-2H3. The minimum absolute atomic E-state index is 0.806. The van der Waals surface area contributed by atoms with Gasteiger partial charge in [0.1, 0.15) is 0 Å². The van der Waals surface area contributed by atoms with Crippen molar-refractivity contribution in [3.8, 4) is 0 Å². The molecule has 0 bridgehead atoms. The molecule has 2 saturated heterocycles. The molecule has 0 aromatic heterocycles. The number of nitrogens with one attached hydrogen (secondary N) is 1. The van der Waals surface area contributed by atoms with Crippen LogP contribution in [0.3, 0.4) is 0 Å². The molecule has 2 fully saturated rings. The van der Waals surface area contributed by atoms with Crippen molar-refractivity contribution in [2.75, 3.05) is 65.4 Å². The topological polar surface area (TPSA) is 21.8 Å². The zero-order valence-corrected chi connectivity index (χ0v) is 12.9. The van der Waals surface area contributed by atoms with Crippen LogP contribution in [0.2, 0.25) is 0 Å². The van der Waals surface area contributed by atoms with E-state index in [1.807, 2.05) is 0 Å². The molecular formula is C15H32N4. The molecule has 0 aromatic carbocycles. The van der Waals surface area contributed by atoms with Crippen LogP contribution >= 0.6 is 0 Å². The van der Waals surface area contributed by atoms with Gasteiger partial charge in [-0.05, 0) is 45.6 Å². The molecule has 0 amide bonds. The number of nitrogens with zero attached hydrogens (tertiary/aromatic N) is 3. The second-order valence-corrected chi connectivity index (χ2v) is 5.91. The highest BCUT2D eigenvalue weighted by Gasteiger charge is 2.26. The Morgan fingerprint density at radius 3 is 2.58 bits per heavy atom. The number of likely N-dealkylation sites (tertiary alicyclic amines) is 1. The first-order valence-corrected chi connectivity index (χ1v) is 8.23. The first-order valence-electron chi connectivity index (χ1n) is 8.23. The largest absolute Gasteiger partial charge is 0.315 e. The first-order chi connectivity index (χ1) is 9.33. The summed E-state index contributed by atoms with van der Waals surface area (Å²) >= 11 is 0. The summed E-state index contributed by atoms with van der Waals surface area (Å²) in [6, 6.07) is 0.806. The fourth-order valence-corrected chi connectivity index (χ4v) is 3.46. The summed E-state index contributed by atoms with van der Waals surface area (Å²) in [5.74, 6) is 0. The van der Waals surface area contributed by atoms with Crippen LogP contribution in [0.4, 0.5) is 0 Å². The third-order valence-corrected chi connectivity index (χ3v) is 4.74. The van der Waals surface area contributed by atoms with E-state index in [4.69, 9.17) is 0 Å². The van der Waals surface area contributed by atoms with Crippen LogP contribution in [-0.2, 0) is 0 Å². The van der Waals surface area contributed by atoms with E-state index in [0.717, 1.165) is 6.04 Å². The normalized spacial score (nSPS) is 27.0. The van der Waals surface area contributed by atoms with Crippen molar-refractivity contribution in [3.05, 3.63) is 0 Å². The monoisotopic (exact) mass is 268 g/mol. The van der Waals surface area contributed by atoms with Crippen molar-refractivity contribution < 1.29 is 0 Å². The molecule has 4 heteroatoms. The SMILES string of the molecule is CCN(CC)C1CCN(CCN2CCCNCC2)C1. The highest BCUT2D eigenvalue weighted by Crippen LogP contribution is 2.15. The molecule has 2 aliphatic heterocycles. The lowest BCUT2D eigenvalue weighted by Crippen LogP contribution is -2.39. The summed E-state index contributed by atoms with van der Waals surface area (Å²) in [6.07, 6.45) is 2.67. The second-order valence-electron chi connectivity index (χ2n) is 5.91. The lowest BCUT2D eigenvalue weighted by atomic mass is 10.2. The molecule has 1 unspecified atom stereocenters. The van der Waals surface area contributed by atoms with Gasteiger partial charge in [0.15, 0.2) is 0 Å². The number of hydrogen-bond donors (Lipinski definition) is 1. The highest BCUT2D eigenvalue weighted by molar-refractivity contribution is 4.83. The smallest absolute Gasteiger partial charge is 0.0235 e. The Labute approximate surface area is 119 Å². The molecule has 112 valence electrons. The predicted molar refractivity (Wildman–Crippen MR) is 81.7 cm³/mol. The van der Waals surface area contributed by atoms with Crippen molar-refractivity contribution in [2.24, 2.45) is 0 Å². The number of hydrogen-bond acceptors (Lipinski definition) is 4. The van der Waals surface area contributed by atoms with E-state index in [1.165, 1.54) is 78.3 Å². The molecule has 2 aliphatic rings. The molecule has 1 N–H and O–H groups in total. The minimum Gasteiger partial charge on any atom is -0.315 e. The van der Waals surface area contributed by atoms with Gasteiger partial charge in [0.2, 0.25) is 0 Å². The lowest BCUT2D eigenvalue weighted by Gasteiger charge is -2.27. The van der Waals surface area contributed by atoms with Crippen molar-refractivity contribution in [2.45, 2.75) is 32.7 Å². The van der Waals surface area contributed by atoms with Gasteiger partial charge in [-0.15, -0.1) is 0 Å². The molecule has 19 heavy (non-hydrogen) atoms. The molecule has 4 nitrogen and oxygen atoms in total. The van der Waals surface area contributed by atoms with E-state index < -0.39 is 0 Å². The summed E-state index contributed by atoms with van der Waals surface area (Å²) in [7, 11) is 0. The van der Waals surface area contributed by atoms with Gasteiger partial charge in [0, 0.05) is 38.8 Å². The second kappa shape index (κ2) is 8.20. The van der Waals surface area contributed by atoms with Crippen molar-refractivity contribution in [1.29, 1.82) is 0 Å². The van der Waals surface area contributed by atoms with Crippen LogP contribution in [0.5, 0.6) is 0 Å². The average Bonchev–Trinajstić information content (AvgIpc) is 2.73. The summed E-state index contributed by atoms with van der Waals surface area (Å²) < 4.78 is 0. The highest BCUT2D eigenvalue weighted by atomic mass is 15.3. The van der Waals surface area contributed by atoms with Crippen LogP contribution in [-0.4, -0.2) is 86.2 Å². The zero-order chi connectivity index (χ0) is 13.5. The van der Waals surface area contributed by atoms with Crippen molar-refractivity contribution in [3.63, 3.8) is 0 Å². The number of rotatable bonds is 6. The van der Waals surface area contributed by atoms with Crippen LogP contribution in [0.1, 0.15) is 26.7 Å². The van der Waals surface area contributed by atoms with Crippen LogP contribution < -0.4 is 5.32 Å². The number of likely N-dealkylation sites (N-methyl/N-ethyl adjacent to an activating group) is 1. The molecule has 2 heterocycles. The predicted octanol–water partition coefficient (Wildman–Crippen LogP) is 0.698. The quantitative estimate of drug-likeness (QED) is 0.765. The van der Waals surface area contributed by atoms with E-state index >= 15 is 0 Å². The molecule has 0 spiro atoms. The van der Waals surface area contributed by atoms with Gasteiger partial charge in [-0.2, -0.15) is 0 Å². The molecule has 1 atom stereocenters. The molecule has 0 aromatic rings. The first kappa shape index (κ1) is 15.2. The maximum atomic E-state index is 3.48. The maximum Gasteiger partial charge on any atom is 0.0235 e. The molecule has 2 rings (SSSR count). The summed E-state index contributed by atoms with van der Waals surface area (Å²) in [5, 5.41) is 3.48. The minimum atomic E-state index is 0.806. The van der Waals surface area contributed by atoms with E-state index in [2.05, 4.69) is 33.9 Å². The van der Waals surface area contributed by atoms with E-state index in [0.29, 0.717) is 0 Å². The van der Waals surface area contributed by atoms with Crippen LogP contribution in [0.15, 0.2) is 0 Å². The van der Waals surface area contributed by atoms with Crippen molar-refractivity contribution >= 4 is 0 Å². The molecule has 0 aliphatic carbocycles. The Balaban J connectivity index is 1.67. The Morgan fingerprint density at radius 1 is 1.00 bits per heavy atom. The lowest BCUT2D eigenvalue weighted by molar-refractivity contribution is 0.196. The van der Waals surface area contributed by atoms with Crippen LogP contribution in [0, 0.1) is 0 Å². The van der Waals surface area contributed by atoms with Gasteiger partial charge in [0.05, 0.1) is 0 Å².